The van der Waals surface area contributed by atoms with Crippen LogP contribution >= 0.6 is 0 Å². The molecule has 1 fully saturated rings. The third kappa shape index (κ3) is 2.05. The van der Waals surface area contributed by atoms with Crippen LogP contribution < -0.4 is 5.32 Å². The Kier molecular flexibility index (Phi) is 2.68. The summed E-state index contributed by atoms with van der Waals surface area (Å²) in [6.07, 6.45) is 1.13. The van der Waals surface area contributed by atoms with E-state index in [-0.39, 0.29) is 6.03 Å². The van der Waals surface area contributed by atoms with Crippen LogP contribution in [-0.4, -0.2) is 24.0 Å². The van der Waals surface area contributed by atoms with Crippen molar-refractivity contribution in [3.05, 3.63) is 35.9 Å². The summed E-state index contributed by atoms with van der Waals surface area (Å²) in [5.74, 6) is 0. The van der Waals surface area contributed by atoms with E-state index in [4.69, 9.17) is 0 Å². The normalized spacial score (nSPS) is 14.7. The zero-order valence-corrected chi connectivity index (χ0v) is 7.99. The summed E-state index contributed by atoms with van der Waals surface area (Å²) in [7, 11) is 0. The molecule has 0 unspecified atom stereocenters. The predicted molar refractivity (Wildman–Crippen MR) is 53.7 cm³/mol. The van der Waals surface area contributed by atoms with Crippen LogP contribution in [0, 0.1) is 6.07 Å². The molecule has 2 amide bonds. The van der Waals surface area contributed by atoms with Gasteiger partial charge in [0.25, 0.3) is 0 Å². The second-order valence-electron chi connectivity index (χ2n) is 3.41. The fourth-order valence-electron chi connectivity index (χ4n) is 1.35. The number of urea groups is 1. The molecule has 0 spiro atoms. The van der Waals surface area contributed by atoms with Crippen molar-refractivity contribution in [1.29, 1.82) is 0 Å². The van der Waals surface area contributed by atoms with Crippen molar-refractivity contribution in [3.8, 4) is 0 Å². The van der Waals surface area contributed by atoms with E-state index in [2.05, 4.69) is 11.4 Å². The average molecular weight is 189 g/mol. The van der Waals surface area contributed by atoms with Gasteiger partial charge in [0, 0.05) is 19.6 Å². The maximum atomic E-state index is 11.4. The molecule has 1 aromatic rings. The Morgan fingerprint density at radius 3 is 2.71 bits per heavy atom. The molecule has 1 heterocycles. The van der Waals surface area contributed by atoms with E-state index < -0.39 is 0 Å². The molecule has 1 radical (unpaired) electrons. The second kappa shape index (κ2) is 4.13. The number of hydrogen-bond donors (Lipinski definition) is 1. The summed E-state index contributed by atoms with van der Waals surface area (Å²) in [5.41, 5.74) is 1.11. The predicted octanol–water partition coefficient (Wildman–Crippen LogP) is 1.40. The Labute approximate surface area is 83.7 Å². The minimum atomic E-state index is 0.0454. The molecule has 14 heavy (non-hydrogen) atoms. The van der Waals surface area contributed by atoms with Crippen LogP contribution in [0.3, 0.4) is 0 Å². The van der Waals surface area contributed by atoms with Gasteiger partial charge in [-0.15, -0.1) is 0 Å². The molecule has 3 heteroatoms. The highest BCUT2D eigenvalue weighted by atomic mass is 16.2. The molecule has 0 aliphatic carbocycles. The van der Waals surface area contributed by atoms with Crippen molar-refractivity contribution >= 4 is 6.03 Å². The molecule has 0 aromatic heterocycles. The van der Waals surface area contributed by atoms with Crippen molar-refractivity contribution < 1.29 is 4.79 Å². The van der Waals surface area contributed by atoms with Crippen LogP contribution in [0.5, 0.6) is 0 Å². The van der Waals surface area contributed by atoms with Gasteiger partial charge in [-0.25, -0.2) is 4.79 Å². The molecule has 1 aliphatic rings. The number of nitrogens with one attached hydrogen (secondary N) is 1. The summed E-state index contributed by atoms with van der Waals surface area (Å²) >= 11 is 0. The van der Waals surface area contributed by atoms with Gasteiger partial charge in [0.05, 0.1) is 0 Å². The largest absolute Gasteiger partial charge is 0.334 e. The Morgan fingerprint density at radius 1 is 1.43 bits per heavy atom. The first kappa shape index (κ1) is 9.06. The van der Waals surface area contributed by atoms with Crippen LogP contribution in [0.15, 0.2) is 24.3 Å². The average Bonchev–Trinajstić information content (AvgIpc) is 2.14. The van der Waals surface area contributed by atoms with E-state index in [1.54, 1.807) is 0 Å². The van der Waals surface area contributed by atoms with Gasteiger partial charge in [-0.2, -0.15) is 0 Å². The third-order valence-corrected chi connectivity index (χ3v) is 2.37. The molecule has 0 atom stereocenters. The summed E-state index contributed by atoms with van der Waals surface area (Å²) in [5, 5.41) is 2.87. The minimum absolute atomic E-state index is 0.0454. The van der Waals surface area contributed by atoms with Crippen LogP contribution in [0.1, 0.15) is 12.0 Å². The first-order valence-electron chi connectivity index (χ1n) is 4.84. The zero-order valence-electron chi connectivity index (χ0n) is 7.99. The number of likely N-dealkylation sites (tertiary alicyclic amines) is 1. The lowest BCUT2D eigenvalue weighted by molar-refractivity contribution is 0.167. The van der Waals surface area contributed by atoms with Crippen LogP contribution in [0.4, 0.5) is 4.79 Å². The second-order valence-corrected chi connectivity index (χ2v) is 3.41. The molecule has 2 rings (SSSR count). The van der Waals surface area contributed by atoms with Gasteiger partial charge in [0.15, 0.2) is 0 Å². The van der Waals surface area contributed by atoms with Gasteiger partial charge in [0.2, 0.25) is 0 Å². The number of carbonyl (C=O) groups excluding carboxylic acids is 1. The van der Waals surface area contributed by atoms with E-state index in [1.165, 1.54) is 0 Å². The van der Waals surface area contributed by atoms with Crippen LogP contribution in [0.2, 0.25) is 0 Å². The topological polar surface area (TPSA) is 32.3 Å². The van der Waals surface area contributed by atoms with E-state index in [1.807, 2.05) is 29.2 Å². The van der Waals surface area contributed by atoms with Gasteiger partial charge in [-0.3, -0.25) is 0 Å². The highest BCUT2D eigenvalue weighted by Gasteiger charge is 2.19. The summed E-state index contributed by atoms with van der Waals surface area (Å²) in [6, 6.07) is 10.6. The van der Waals surface area contributed by atoms with E-state index in [9.17, 15) is 4.79 Å². The molecule has 1 N–H and O–H groups in total. The van der Waals surface area contributed by atoms with Crippen molar-refractivity contribution in [1.82, 2.24) is 10.2 Å². The third-order valence-electron chi connectivity index (χ3n) is 2.37. The van der Waals surface area contributed by atoms with E-state index in [0.717, 1.165) is 25.1 Å². The lowest BCUT2D eigenvalue weighted by Gasteiger charge is -2.30. The van der Waals surface area contributed by atoms with Gasteiger partial charge in [-0.05, 0) is 18.1 Å². The lowest BCUT2D eigenvalue weighted by Crippen LogP contribution is -2.47. The number of nitrogens with zero attached hydrogens (tertiary/aromatic N) is 1. The van der Waals surface area contributed by atoms with Gasteiger partial charge in [-0.1, -0.05) is 24.3 Å². The van der Waals surface area contributed by atoms with Crippen molar-refractivity contribution in [3.63, 3.8) is 0 Å². The SMILES string of the molecule is O=C(NCc1cc[c]cc1)N1CCC1. The number of benzene rings is 1. The quantitative estimate of drug-likeness (QED) is 0.749. The van der Waals surface area contributed by atoms with Crippen molar-refractivity contribution in [2.75, 3.05) is 13.1 Å². The van der Waals surface area contributed by atoms with Crippen molar-refractivity contribution in [2.24, 2.45) is 0 Å². The molecular weight excluding hydrogens is 176 g/mol. The molecule has 0 saturated carbocycles. The maximum absolute atomic E-state index is 11.4. The summed E-state index contributed by atoms with van der Waals surface area (Å²) in [6.45, 7) is 2.40. The van der Waals surface area contributed by atoms with Crippen LogP contribution in [-0.2, 0) is 6.54 Å². The molecule has 73 valence electrons. The Hall–Kier alpha value is -1.51. The van der Waals surface area contributed by atoms with Crippen LogP contribution in [0.25, 0.3) is 0 Å². The molecule has 3 nitrogen and oxygen atoms in total. The molecule has 1 saturated heterocycles. The molecule has 1 aromatic carbocycles. The zero-order chi connectivity index (χ0) is 9.80. The highest BCUT2D eigenvalue weighted by molar-refractivity contribution is 5.74. The number of carbonyl (C=O) groups is 1. The molecule has 1 aliphatic heterocycles. The maximum Gasteiger partial charge on any atom is 0.317 e. The smallest absolute Gasteiger partial charge is 0.317 e. The molecular formula is C11H13N2O. The summed E-state index contributed by atoms with van der Waals surface area (Å²) < 4.78 is 0. The fourth-order valence-corrected chi connectivity index (χ4v) is 1.35. The van der Waals surface area contributed by atoms with E-state index >= 15 is 0 Å². The fraction of sp³-hybridized carbons (Fsp3) is 0.364. The first-order valence-corrected chi connectivity index (χ1v) is 4.84. The lowest BCUT2D eigenvalue weighted by atomic mass is 10.2. The Bertz CT molecular complexity index is 306. The molecule has 0 bridgehead atoms. The van der Waals surface area contributed by atoms with Gasteiger partial charge < -0.3 is 10.2 Å². The van der Waals surface area contributed by atoms with E-state index in [0.29, 0.717) is 6.54 Å². The van der Waals surface area contributed by atoms with Crippen molar-refractivity contribution in [2.45, 2.75) is 13.0 Å². The highest BCUT2D eigenvalue weighted by Crippen LogP contribution is 2.05. The number of amides is 2. The Balaban J connectivity index is 1.79. The monoisotopic (exact) mass is 189 g/mol. The van der Waals surface area contributed by atoms with Gasteiger partial charge in [0.1, 0.15) is 0 Å². The minimum Gasteiger partial charge on any atom is -0.334 e. The number of rotatable bonds is 2. The Morgan fingerprint density at radius 2 is 2.14 bits per heavy atom. The van der Waals surface area contributed by atoms with Gasteiger partial charge >= 0.3 is 6.03 Å². The number of hydrogen-bond acceptors (Lipinski definition) is 1. The standard InChI is InChI=1S/C11H13N2O/c14-11(13-7-4-8-13)12-9-10-5-2-1-3-6-10/h2-3,5-6H,4,7-9H2,(H,12,14). The first-order chi connectivity index (χ1) is 6.86. The summed E-state index contributed by atoms with van der Waals surface area (Å²) in [4.78, 5) is 13.2.